The predicted molar refractivity (Wildman–Crippen MR) is 93.5 cm³/mol. The van der Waals surface area contributed by atoms with E-state index in [-0.39, 0.29) is 49.4 Å². The summed E-state index contributed by atoms with van der Waals surface area (Å²) < 4.78 is 77.5. The van der Waals surface area contributed by atoms with Crippen molar-refractivity contribution in [3.05, 3.63) is 35.1 Å². The van der Waals surface area contributed by atoms with Crippen LogP contribution >= 0.6 is 0 Å². The van der Waals surface area contributed by atoms with Crippen molar-refractivity contribution in [3.63, 3.8) is 0 Å². The van der Waals surface area contributed by atoms with E-state index in [1.54, 1.807) is 0 Å². The Hall–Kier alpha value is -2.30. The molecule has 0 unspecified atom stereocenters. The molecule has 30 heavy (non-hydrogen) atoms. The fourth-order valence-electron chi connectivity index (χ4n) is 4.17. The molecule has 2 aliphatic heterocycles. The molecule has 2 amide bonds. The topological polar surface area (TPSA) is 66.6 Å². The summed E-state index contributed by atoms with van der Waals surface area (Å²) in [5.41, 5.74) is 5.74. The fraction of sp³-hybridized carbons (Fsp3) is 0.579. The number of nitrogens with zero attached hydrogens (tertiary/aromatic N) is 2. The van der Waals surface area contributed by atoms with Crippen molar-refractivity contribution in [1.82, 2.24) is 9.80 Å². The standard InChI is InChI=1S/C19H21F6N3O2/c20-13-6-15(22)14(21)4-11(13)3-12(26)5-17(29)28-2-1-10-8-27(9-16(10)28)18(30)7-19(23,24)25/h4,6,10,12,16H,1-3,5,7-9,26H2/t10-,12+,16+/m0/s1. The molecule has 0 radical (unpaired) electrons. The van der Waals surface area contributed by atoms with Gasteiger partial charge in [-0.1, -0.05) is 0 Å². The van der Waals surface area contributed by atoms with E-state index in [4.69, 9.17) is 5.73 Å². The summed E-state index contributed by atoms with van der Waals surface area (Å²) in [5.74, 6) is -5.01. The third kappa shape index (κ3) is 5.05. The first-order chi connectivity index (χ1) is 13.9. The summed E-state index contributed by atoms with van der Waals surface area (Å²) in [6, 6.07) is -0.140. The summed E-state index contributed by atoms with van der Waals surface area (Å²) in [6.45, 7) is 0.579. The second kappa shape index (κ2) is 8.44. The van der Waals surface area contributed by atoms with Crippen LogP contribution in [-0.4, -0.2) is 59.5 Å². The van der Waals surface area contributed by atoms with Gasteiger partial charge in [-0.25, -0.2) is 13.2 Å². The molecule has 0 aromatic heterocycles. The molecule has 2 N–H and O–H groups in total. The molecule has 0 saturated carbocycles. The molecule has 2 aliphatic rings. The van der Waals surface area contributed by atoms with Crippen molar-refractivity contribution in [3.8, 4) is 0 Å². The Morgan fingerprint density at radius 1 is 1.07 bits per heavy atom. The third-order valence-corrected chi connectivity index (χ3v) is 5.58. The van der Waals surface area contributed by atoms with Crippen LogP contribution in [0.4, 0.5) is 26.3 Å². The lowest BCUT2D eigenvalue weighted by molar-refractivity contribution is -0.161. The van der Waals surface area contributed by atoms with Gasteiger partial charge >= 0.3 is 6.18 Å². The summed E-state index contributed by atoms with van der Waals surface area (Å²) in [7, 11) is 0. The van der Waals surface area contributed by atoms with E-state index < -0.39 is 42.0 Å². The number of halogens is 6. The zero-order valence-electron chi connectivity index (χ0n) is 15.9. The molecule has 0 bridgehead atoms. The number of carbonyl (C=O) groups excluding carboxylic acids is 2. The van der Waals surface area contributed by atoms with Gasteiger partial charge in [0.25, 0.3) is 0 Å². The highest BCUT2D eigenvalue weighted by molar-refractivity contribution is 5.79. The van der Waals surface area contributed by atoms with Crippen molar-refractivity contribution in [2.75, 3.05) is 19.6 Å². The number of benzene rings is 1. The highest BCUT2D eigenvalue weighted by Crippen LogP contribution is 2.33. The molecule has 11 heteroatoms. The molecule has 3 rings (SSSR count). The maximum atomic E-state index is 13.8. The largest absolute Gasteiger partial charge is 0.397 e. The summed E-state index contributed by atoms with van der Waals surface area (Å²) >= 11 is 0. The summed E-state index contributed by atoms with van der Waals surface area (Å²) in [6.07, 6.45) is -5.96. The maximum absolute atomic E-state index is 13.8. The molecule has 0 spiro atoms. The van der Waals surface area contributed by atoms with Gasteiger partial charge in [-0.15, -0.1) is 0 Å². The number of nitrogens with two attached hydrogens (primary N) is 1. The van der Waals surface area contributed by atoms with Crippen LogP contribution < -0.4 is 5.73 Å². The van der Waals surface area contributed by atoms with Gasteiger partial charge in [0.15, 0.2) is 11.6 Å². The predicted octanol–water partition coefficient (Wildman–Crippen LogP) is 2.38. The highest BCUT2D eigenvalue weighted by atomic mass is 19.4. The number of amides is 2. The number of hydrogen-bond acceptors (Lipinski definition) is 3. The number of carbonyl (C=O) groups is 2. The van der Waals surface area contributed by atoms with E-state index >= 15 is 0 Å². The van der Waals surface area contributed by atoms with Crippen LogP contribution in [0.15, 0.2) is 12.1 Å². The molecule has 2 heterocycles. The van der Waals surface area contributed by atoms with Crippen LogP contribution in [0, 0.1) is 23.4 Å². The van der Waals surface area contributed by atoms with E-state index in [0.29, 0.717) is 25.1 Å². The Labute approximate surface area is 168 Å². The molecule has 5 nitrogen and oxygen atoms in total. The molecular formula is C19H21F6N3O2. The number of rotatable bonds is 5. The Bertz CT molecular complexity index is 831. The van der Waals surface area contributed by atoms with Gasteiger partial charge in [0.1, 0.15) is 12.2 Å². The van der Waals surface area contributed by atoms with Crippen LogP contribution in [0.1, 0.15) is 24.8 Å². The zero-order valence-corrected chi connectivity index (χ0v) is 15.9. The average Bonchev–Trinajstić information content (AvgIpc) is 3.18. The molecule has 2 fully saturated rings. The van der Waals surface area contributed by atoms with Gasteiger partial charge in [-0.05, 0) is 24.5 Å². The average molecular weight is 437 g/mol. The quantitative estimate of drug-likeness (QED) is 0.568. The molecule has 166 valence electrons. The fourth-order valence-corrected chi connectivity index (χ4v) is 4.17. The van der Waals surface area contributed by atoms with Crippen LogP contribution in [0.2, 0.25) is 0 Å². The summed E-state index contributed by atoms with van der Waals surface area (Å²) in [4.78, 5) is 27.1. The monoisotopic (exact) mass is 437 g/mol. The van der Waals surface area contributed by atoms with Gasteiger partial charge in [-0.2, -0.15) is 13.2 Å². The Morgan fingerprint density at radius 2 is 1.73 bits per heavy atom. The molecule has 1 aromatic rings. The van der Waals surface area contributed by atoms with Gasteiger partial charge in [0.2, 0.25) is 11.8 Å². The Balaban J connectivity index is 1.57. The minimum Gasteiger partial charge on any atom is -0.340 e. The van der Waals surface area contributed by atoms with Gasteiger partial charge in [-0.3, -0.25) is 9.59 Å². The second-order valence-electron chi connectivity index (χ2n) is 7.82. The SMILES string of the molecule is N[C@@H](CC(=O)N1CC[C@H]2CN(C(=O)CC(F)(F)F)C[C@H]21)Cc1cc(F)c(F)cc1F. The van der Waals surface area contributed by atoms with Crippen LogP contribution in [0.5, 0.6) is 0 Å². The van der Waals surface area contributed by atoms with Gasteiger partial charge in [0, 0.05) is 44.1 Å². The lowest BCUT2D eigenvalue weighted by Crippen LogP contribution is -2.43. The second-order valence-corrected chi connectivity index (χ2v) is 7.82. The van der Waals surface area contributed by atoms with Gasteiger partial charge < -0.3 is 15.5 Å². The van der Waals surface area contributed by atoms with E-state index in [0.717, 1.165) is 4.90 Å². The zero-order chi connectivity index (χ0) is 22.2. The van der Waals surface area contributed by atoms with E-state index in [9.17, 15) is 35.9 Å². The van der Waals surface area contributed by atoms with E-state index in [1.807, 2.05) is 0 Å². The third-order valence-electron chi connectivity index (χ3n) is 5.58. The normalized spacial score (nSPS) is 22.4. The van der Waals surface area contributed by atoms with Crippen molar-refractivity contribution in [2.45, 2.75) is 43.9 Å². The molecule has 2 saturated heterocycles. The number of alkyl halides is 3. The van der Waals surface area contributed by atoms with Crippen molar-refractivity contribution in [1.29, 1.82) is 0 Å². The first-order valence-electron chi connectivity index (χ1n) is 9.47. The van der Waals surface area contributed by atoms with Crippen LogP contribution in [0.3, 0.4) is 0 Å². The lowest BCUT2D eigenvalue weighted by Gasteiger charge is -2.26. The minimum atomic E-state index is -4.59. The van der Waals surface area contributed by atoms with Crippen LogP contribution in [0.25, 0.3) is 0 Å². The summed E-state index contributed by atoms with van der Waals surface area (Å²) in [5, 5.41) is 0. The van der Waals surface area contributed by atoms with E-state index in [2.05, 4.69) is 0 Å². The first-order valence-corrected chi connectivity index (χ1v) is 9.47. The lowest BCUT2D eigenvalue weighted by atomic mass is 10.0. The minimum absolute atomic E-state index is 0.0262. The number of hydrogen-bond donors (Lipinski definition) is 1. The number of likely N-dealkylation sites (tertiary alicyclic amines) is 2. The Morgan fingerprint density at radius 3 is 2.40 bits per heavy atom. The number of fused-ring (bicyclic) bond motifs is 1. The van der Waals surface area contributed by atoms with Gasteiger partial charge in [0.05, 0.1) is 6.04 Å². The van der Waals surface area contributed by atoms with Crippen LogP contribution in [-0.2, 0) is 16.0 Å². The van der Waals surface area contributed by atoms with Crippen molar-refractivity contribution < 1.29 is 35.9 Å². The smallest absolute Gasteiger partial charge is 0.340 e. The molecule has 1 aromatic carbocycles. The van der Waals surface area contributed by atoms with Crippen molar-refractivity contribution >= 4 is 11.8 Å². The Kier molecular flexibility index (Phi) is 6.30. The first kappa shape index (κ1) is 22.4. The molecular weight excluding hydrogens is 416 g/mol. The molecule has 3 atom stereocenters. The maximum Gasteiger partial charge on any atom is 0.397 e. The highest BCUT2D eigenvalue weighted by Gasteiger charge is 2.46. The van der Waals surface area contributed by atoms with Crippen molar-refractivity contribution in [2.24, 2.45) is 11.7 Å². The molecule has 0 aliphatic carbocycles. The van der Waals surface area contributed by atoms with E-state index in [1.165, 1.54) is 4.90 Å².